The van der Waals surface area contributed by atoms with Gasteiger partial charge in [0, 0.05) is 6.07 Å². The highest BCUT2D eigenvalue weighted by molar-refractivity contribution is 6.14. The molecule has 1 aliphatic rings. The van der Waals surface area contributed by atoms with Crippen molar-refractivity contribution in [3.8, 4) is 17.2 Å². The number of carbonyl (C=O) groups is 3. The maximum Gasteiger partial charge on any atom is 0.347 e. The van der Waals surface area contributed by atoms with Gasteiger partial charge in [-0.2, -0.15) is 0 Å². The molecule has 0 saturated carbocycles. The molecule has 0 spiro atoms. The van der Waals surface area contributed by atoms with E-state index in [1.807, 2.05) is 0 Å². The van der Waals surface area contributed by atoms with Gasteiger partial charge in [-0.05, 0) is 74.7 Å². The van der Waals surface area contributed by atoms with Gasteiger partial charge in [0.05, 0.1) is 5.56 Å². The highest BCUT2D eigenvalue weighted by Gasteiger charge is 2.31. The van der Waals surface area contributed by atoms with Crippen LogP contribution in [0.4, 0.5) is 0 Å². The molecule has 31 heavy (non-hydrogen) atoms. The smallest absolute Gasteiger partial charge is 0.347 e. The quantitative estimate of drug-likeness (QED) is 0.644. The highest BCUT2D eigenvalue weighted by atomic mass is 16.5. The normalized spacial score (nSPS) is 14.2. The summed E-state index contributed by atoms with van der Waals surface area (Å²) in [5.74, 6) is -1.34. The van der Waals surface area contributed by atoms with E-state index >= 15 is 0 Å². The van der Waals surface area contributed by atoms with Crippen LogP contribution < -0.4 is 14.2 Å². The number of aliphatic carboxylic acids is 2. The summed E-state index contributed by atoms with van der Waals surface area (Å²) in [7, 11) is 0. The van der Waals surface area contributed by atoms with Crippen LogP contribution in [-0.4, -0.2) is 40.1 Å². The van der Waals surface area contributed by atoms with Crippen LogP contribution in [-0.2, 0) is 9.59 Å². The van der Waals surface area contributed by atoms with Crippen molar-refractivity contribution < 1.29 is 38.8 Å². The Hall–Kier alpha value is -3.81. The molecule has 0 radical (unpaired) electrons. The molecule has 0 fully saturated rings. The predicted molar refractivity (Wildman–Crippen MR) is 111 cm³/mol. The molecule has 2 aromatic carbocycles. The van der Waals surface area contributed by atoms with Crippen molar-refractivity contribution in [2.24, 2.45) is 0 Å². The number of hydrogen-bond donors (Lipinski definition) is 2. The van der Waals surface area contributed by atoms with E-state index in [4.69, 9.17) is 19.3 Å². The number of rotatable bonds is 7. The van der Waals surface area contributed by atoms with E-state index in [0.717, 1.165) is 0 Å². The van der Waals surface area contributed by atoms with Crippen molar-refractivity contribution in [3.05, 3.63) is 58.3 Å². The van der Waals surface area contributed by atoms with E-state index in [2.05, 4.69) is 0 Å². The lowest BCUT2D eigenvalue weighted by molar-refractivity contribution is -0.152. The minimum Gasteiger partial charge on any atom is -0.482 e. The third-order valence-electron chi connectivity index (χ3n) is 4.66. The average Bonchev–Trinajstić information content (AvgIpc) is 2.98. The van der Waals surface area contributed by atoms with Gasteiger partial charge in [-0.25, -0.2) is 9.59 Å². The Morgan fingerprint density at radius 3 is 2.32 bits per heavy atom. The van der Waals surface area contributed by atoms with Crippen LogP contribution >= 0.6 is 0 Å². The van der Waals surface area contributed by atoms with E-state index in [1.54, 1.807) is 32.1 Å². The number of ether oxygens (including phenoxy) is 3. The number of carbonyl (C=O) groups excluding carboxylic acids is 1. The van der Waals surface area contributed by atoms with E-state index in [-0.39, 0.29) is 23.0 Å². The van der Waals surface area contributed by atoms with Crippen LogP contribution in [0.3, 0.4) is 0 Å². The number of fused-ring (bicyclic) bond motifs is 1. The number of Topliss-reactive ketones (excluding diaryl/α,β-unsaturated/α-hetero) is 1. The van der Waals surface area contributed by atoms with Crippen LogP contribution in [0.2, 0.25) is 0 Å². The standard InChI is InChI=1S/C23H22O8/c1-12-7-14(8-13(2)21(12)31-23(3,4)22(27)28)9-18-20(26)16-6-5-15(10-17(16)30-18)29-11-19(24)25/h5-10H,11H2,1-4H3,(H,24,25)(H,27,28). The molecular formula is C23H22O8. The Morgan fingerprint density at radius 2 is 1.74 bits per heavy atom. The molecule has 0 amide bonds. The maximum atomic E-state index is 12.7. The molecule has 0 atom stereocenters. The molecule has 2 N–H and O–H groups in total. The van der Waals surface area contributed by atoms with Gasteiger partial charge in [0.1, 0.15) is 17.2 Å². The number of aryl methyl sites for hydroxylation is 2. The van der Waals surface area contributed by atoms with Gasteiger partial charge in [-0.3, -0.25) is 4.79 Å². The molecule has 0 bridgehead atoms. The summed E-state index contributed by atoms with van der Waals surface area (Å²) in [5.41, 5.74) is 1.09. The van der Waals surface area contributed by atoms with Gasteiger partial charge in [0.2, 0.25) is 5.78 Å². The maximum absolute atomic E-state index is 12.7. The molecule has 0 aromatic heterocycles. The third kappa shape index (κ3) is 4.69. The Morgan fingerprint density at radius 1 is 1.10 bits per heavy atom. The Kier molecular flexibility index (Phi) is 5.75. The number of hydrogen-bond acceptors (Lipinski definition) is 6. The van der Waals surface area contributed by atoms with Gasteiger partial charge >= 0.3 is 11.9 Å². The second-order valence-electron chi connectivity index (χ2n) is 7.68. The van der Waals surface area contributed by atoms with Crippen LogP contribution in [0.1, 0.15) is 40.9 Å². The van der Waals surface area contributed by atoms with Crippen molar-refractivity contribution in [1.82, 2.24) is 0 Å². The summed E-state index contributed by atoms with van der Waals surface area (Å²) >= 11 is 0. The van der Waals surface area contributed by atoms with Gasteiger partial charge < -0.3 is 24.4 Å². The molecule has 1 aliphatic heterocycles. The molecule has 3 rings (SSSR count). The van der Waals surface area contributed by atoms with Crippen LogP contribution in [0.25, 0.3) is 6.08 Å². The zero-order chi connectivity index (χ0) is 22.9. The number of carboxylic acid groups (broad SMARTS) is 2. The Bertz CT molecular complexity index is 1090. The predicted octanol–water partition coefficient (Wildman–Crippen LogP) is 3.63. The lowest BCUT2D eigenvalue weighted by atomic mass is 10.0. The highest BCUT2D eigenvalue weighted by Crippen LogP contribution is 2.36. The van der Waals surface area contributed by atoms with Crippen molar-refractivity contribution in [2.45, 2.75) is 33.3 Å². The van der Waals surface area contributed by atoms with Gasteiger partial charge in [-0.15, -0.1) is 0 Å². The molecular weight excluding hydrogens is 404 g/mol. The number of carboxylic acids is 2. The Balaban J connectivity index is 1.85. The van der Waals surface area contributed by atoms with E-state index in [0.29, 0.717) is 28.0 Å². The second-order valence-corrected chi connectivity index (χ2v) is 7.68. The molecule has 1 heterocycles. The SMILES string of the molecule is Cc1cc(C=C2Oc3cc(OCC(=O)O)ccc3C2=O)cc(C)c1OC(C)(C)C(=O)O. The molecule has 162 valence electrons. The largest absolute Gasteiger partial charge is 0.482 e. The van der Waals surface area contributed by atoms with Crippen molar-refractivity contribution in [2.75, 3.05) is 6.61 Å². The second kappa shape index (κ2) is 8.14. The van der Waals surface area contributed by atoms with Crippen molar-refractivity contribution in [1.29, 1.82) is 0 Å². The van der Waals surface area contributed by atoms with Gasteiger partial charge in [-0.1, -0.05) is 0 Å². The van der Waals surface area contributed by atoms with Crippen LogP contribution in [0.15, 0.2) is 36.1 Å². The lowest BCUT2D eigenvalue weighted by Gasteiger charge is -2.24. The van der Waals surface area contributed by atoms with E-state index in [1.165, 1.54) is 32.0 Å². The number of benzene rings is 2. The topological polar surface area (TPSA) is 119 Å². The molecule has 8 nitrogen and oxygen atoms in total. The van der Waals surface area contributed by atoms with Crippen molar-refractivity contribution >= 4 is 23.8 Å². The molecule has 8 heteroatoms. The summed E-state index contributed by atoms with van der Waals surface area (Å²) in [5, 5.41) is 18.0. The Labute approximate surface area is 178 Å². The average molecular weight is 426 g/mol. The fourth-order valence-corrected chi connectivity index (χ4v) is 3.08. The molecule has 0 saturated heterocycles. The molecule has 2 aromatic rings. The zero-order valence-electron chi connectivity index (χ0n) is 17.5. The molecule has 0 aliphatic carbocycles. The lowest BCUT2D eigenvalue weighted by Crippen LogP contribution is -2.38. The summed E-state index contributed by atoms with van der Waals surface area (Å²) in [6.45, 7) is 6.03. The number of allylic oxidation sites excluding steroid dienone is 1. The summed E-state index contributed by atoms with van der Waals surface area (Å²) in [4.78, 5) is 34.7. The van der Waals surface area contributed by atoms with Crippen molar-refractivity contribution in [3.63, 3.8) is 0 Å². The molecule has 0 unspecified atom stereocenters. The zero-order valence-corrected chi connectivity index (χ0v) is 17.5. The number of ketones is 1. The summed E-state index contributed by atoms with van der Waals surface area (Å²) in [6, 6.07) is 8.05. The first-order valence-corrected chi connectivity index (χ1v) is 9.44. The van der Waals surface area contributed by atoms with Gasteiger partial charge in [0.25, 0.3) is 0 Å². The van der Waals surface area contributed by atoms with Crippen LogP contribution in [0, 0.1) is 13.8 Å². The van der Waals surface area contributed by atoms with Crippen LogP contribution in [0.5, 0.6) is 17.2 Å². The first-order valence-electron chi connectivity index (χ1n) is 9.44. The fraction of sp³-hybridized carbons (Fsp3) is 0.261. The van der Waals surface area contributed by atoms with Gasteiger partial charge in [0.15, 0.2) is 18.0 Å². The van der Waals surface area contributed by atoms with E-state index < -0.39 is 24.1 Å². The third-order valence-corrected chi connectivity index (χ3v) is 4.66. The first-order chi connectivity index (χ1) is 14.5. The first kappa shape index (κ1) is 21.9. The van der Waals surface area contributed by atoms with E-state index in [9.17, 15) is 19.5 Å². The summed E-state index contributed by atoms with van der Waals surface area (Å²) in [6.07, 6.45) is 1.59. The monoisotopic (exact) mass is 426 g/mol. The minimum absolute atomic E-state index is 0.115. The minimum atomic E-state index is -1.39. The summed E-state index contributed by atoms with van der Waals surface area (Å²) < 4.78 is 16.5. The fourth-order valence-electron chi connectivity index (χ4n) is 3.08.